The van der Waals surface area contributed by atoms with Crippen LogP contribution in [0, 0.1) is 11.3 Å². The Morgan fingerprint density at radius 1 is 1.47 bits per heavy atom. The topological polar surface area (TPSA) is 35.5 Å². The number of carbonyl (C=O) groups excluding carboxylic acids is 1. The summed E-state index contributed by atoms with van der Waals surface area (Å²) >= 11 is 0. The summed E-state index contributed by atoms with van der Waals surface area (Å²) < 4.78 is 10.6. The predicted molar refractivity (Wildman–Crippen MR) is 56.1 cm³/mol. The maximum Gasteiger partial charge on any atom is 0.335 e. The Balaban J connectivity index is 2.09. The minimum Gasteiger partial charge on any atom is -0.427 e. The van der Waals surface area contributed by atoms with Gasteiger partial charge in [-0.25, -0.2) is 4.79 Å². The average Bonchev–Trinajstić information content (AvgIpc) is 2.47. The van der Waals surface area contributed by atoms with Gasteiger partial charge in [0, 0.05) is 6.42 Å². The highest BCUT2D eigenvalue weighted by atomic mass is 16.8. The fraction of sp³-hybridized carbons (Fsp3) is 0.750. The van der Waals surface area contributed by atoms with E-state index in [1.165, 1.54) is 0 Å². The van der Waals surface area contributed by atoms with Gasteiger partial charge in [0.15, 0.2) is 0 Å². The number of hydrogen-bond donors (Lipinski definition) is 0. The van der Waals surface area contributed by atoms with Crippen molar-refractivity contribution in [1.29, 1.82) is 0 Å². The largest absolute Gasteiger partial charge is 0.427 e. The van der Waals surface area contributed by atoms with Crippen LogP contribution in [0.25, 0.3) is 0 Å². The van der Waals surface area contributed by atoms with E-state index >= 15 is 0 Å². The fourth-order valence-corrected chi connectivity index (χ4v) is 2.16. The summed E-state index contributed by atoms with van der Waals surface area (Å²) in [5, 5.41) is 0. The maximum atomic E-state index is 11.0. The van der Waals surface area contributed by atoms with Gasteiger partial charge in [-0.1, -0.05) is 26.8 Å². The molecule has 1 aliphatic carbocycles. The highest BCUT2D eigenvalue weighted by molar-refractivity contribution is 5.73. The van der Waals surface area contributed by atoms with Crippen LogP contribution in [0.3, 0.4) is 0 Å². The Kier molecular flexibility index (Phi) is 2.38. The van der Waals surface area contributed by atoms with Crippen molar-refractivity contribution in [2.45, 2.75) is 39.4 Å². The van der Waals surface area contributed by atoms with Crippen LogP contribution in [-0.4, -0.2) is 18.4 Å². The number of carbonyl (C=O) groups is 1. The number of ether oxygens (including phenoxy) is 2. The second-order valence-electron chi connectivity index (χ2n) is 5.44. The molecular weight excluding hydrogens is 192 g/mol. The zero-order valence-corrected chi connectivity index (χ0v) is 9.58. The molecule has 3 heteroatoms. The minimum atomic E-state index is -0.737. The highest BCUT2D eigenvalue weighted by Gasteiger charge is 2.43. The van der Waals surface area contributed by atoms with Crippen LogP contribution < -0.4 is 0 Å². The minimum absolute atomic E-state index is 0.0878. The lowest BCUT2D eigenvalue weighted by atomic mass is 9.74. The lowest BCUT2D eigenvalue weighted by molar-refractivity contribution is -0.160. The zero-order chi connectivity index (χ0) is 11.1. The lowest BCUT2D eigenvalue weighted by Gasteiger charge is -2.35. The summed E-state index contributed by atoms with van der Waals surface area (Å²) in [6.45, 7) is 6.76. The zero-order valence-electron chi connectivity index (χ0n) is 9.58. The smallest absolute Gasteiger partial charge is 0.335 e. The van der Waals surface area contributed by atoms with Crippen molar-refractivity contribution in [2.24, 2.45) is 11.3 Å². The van der Waals surface area contributed by atoms with Crippen LogP contribution in [0.15, 0.2) is 12.2 Å². The summed E-state index contributed by atoms with van der Waals surface area (Å²) in [5.74, 6) is -0.460. The standard InChI is InChI=1S/C12H18O3/c1-11(2,3)9-4-6-12(7-5-9)14-8-10(13)15-12/h4,6,9H,5,7-8H2,1-3H3/t9-,12+/m1/s1. The van der Waals surface area contributed by atoms with Gasteiger partial charge in [-0.15, -0.1) is 0 Å². The Bertz CT molecular complexity index is 300. The molecule has 0 aromatic carbocycles. The summed E-state index contributed by atoms with van der Waals surface area (Å²) in [4.78, 5) is 11.0. The normalized spacial score (nSPS) is 35.9. The molecule has 2 atom stereocenters. The molecule has 1 saturated heterocycles. The SMILES string of the molecule is CC(C)(C)[C@@H]1C=C[C@]2(CC1)OCC(=O)O2. The molecule has 1 spiro atoms. The van der Waals surface area contributed by atoms with E-state index in [9.17, 15) is 4.79 Å². The molecule has 84 valence electrons. The number of rotatable bonds is 0. The average molecular weight is 210 g/mol. The summed E-state index contributed by atoms with van der Waals surface area (Å²) in [7, 11) is 0. The van der Waals surface area contributed by atoms with E-state index in [1.54, 1.807) is 0 Å². The van der Waals surface area contributed by atoms with Crippen LogP contribution in [-0.2, 0) is 14.3 Å². The molecule has 0 bridgehead atoms. The van der Waals surface area contributed by atoms with Crippen LogP contribution >= 0.6 is 0 Å². The van der Waals surface area contributed by atoms with Gasteiger partial charge in [0.05, 0.1) is 0 Å². The first kappa shape index (κ1) is 10.7. The van der Waals surface area contributed by atoms with Crippen molar-refractivity contribution in [3.8, 4) is 0 Å². The molecule has 2 aliphatic rings. The van der Waals surface area contributed by atoms with E-state index in [0.29, 0.717) is 5.92 Å². The van der Waals surface area contributed by atoms with Crippen molar-refractivity contribution in [3.63, 3.8) is 0 Å². The molecule has 3 nitrogen and oxygen atoms in total. The molecule has 0 amide bonds. The first-order chi connectivity index (χ1) is 6.91. The lowest BCUT2D eigenvalue weighted by Crippen LogP contribution is -2.34. The van der Waals surface area contributed by atoms with Crippen molar-refractivity contribution in [1.82, 2.24) is 0 Å². The van der Waals surface area contributed by atoms with E-state index in [4.69, 9.17) is 9.47 Å². The van der Waals surface area contributed by atoms with Crippen LogP contribution in [0.4, 0.5) is 0 Å². The molecule has 0 saturated carbocycles. The summed E-state index contributed by atoms with van der Waals surface area (Å²) in [6.07, 6.45) is 5.82. The molecule has 0 aromatic rings. The van der Waals surface area contributed by atoms with Gasteiger partial charge in [0.25, 0.3) is 0 Å². The molecule has 1 fully saturated rings. The van der Waals surface area contributed by atoms with Gasteiger partial charge in [0.2, 0.25) is 5.79 Å². The number of esters is 1. The van der Waals surface area contributed by atoms with Crippen LogP contribution in [0.5, 0.6) is 0 Å². The van der Waals surface area contributed by atoms with Crippen molar-refractivity contribution in [3.05, 3.63) is 12.2 Å². The van der Waals surface area contributed by atoms with Gasteiger partial charge in [-0.3, -0.25) is 0 Å². The third-order valence-electron chi connectivity index (χ3n) is 3.22. The van der Waals surface area contributed by atoms with Gasteiger partial charge < -0.3 is 9.47 Å². The Labute approximate surface area is 90.4 Å². The number of hydrogen-bond acceptors (Lipinski definition) is 3. The molecule has 2 rings (SSSR count). The third kappa shape index (κ3) is 2.07. The molecule has 15 heavy (non-hydrogen) atoms. The van der Waals surface area contributed by atoms with Crippen LogP contribution in [0.2, 0.25) is 0 Å². The van der Waals surface area contributed by atoms with E-state index in [2.05, 4.69) is 26.8 Å². The first-order valence-electron chi connectivity index (χ1n) is 5.46. The Morgan fingerprint density at radius 3 is 2.60 bits per heavy atom. The molecular formula is C12H18O3. The maximum absolute atomic E-state index is 11.0. The predicted octanol–water partition coefficient (Wildman–Crippen LogP) is 2.27. The van der Waals surface area contributed by atoms with Crippen LogP contribution in [0.1, 0.15) is 33.6 Å². The highest BCUT2D eigenvalue weighted by Crippen LogP contribution is 2.40. The Hall–Kier alpha value is -0.830. The van der Waals surface area contributed by atoms with E-state index in [-0.39, 0.29) is 18.0 Å². The van der Waals surface area contributed by atoms with Gasteiger partial charge in [-0.05, 0) is 23.8 Å². The molecule has 0 N–H and O–H groups in total. The first-order valence-corrected chi connectivity index (χ1v) is 5.46. The van der Waals surface area contributed by atoms with Crippen molar-refractivity contribution in [2.75, 3.05) is 6.61 Å². The third-order valence-corrected chi connectivity index (χ3v) is 3.22. The molecule has 0 unspecified atom stereocenters. The molecule has 0 aromatic heterocycles. The molecule has 1 heterocycles. The van der Waals surface area contributed by atoms with E-state index in [0.717, 1.165) is 12.8 Å². The second-order valence-corrected chi connectivity index (χ2v) is 5.44. The summed E-state index contributed by atoms with van der Waals surface area (Å²) in [5.41, 5.74) is 0.265. The number of allylic oxidation sites excluding steroid dienone is 1. The van der Waals surface area contributed by atoms with Gasteiger partial charge in [-0.2, -0.15) is 0 Å². The monoisotopic (exact) mass is 210 g/mol. The Morgan fingerprint density at radius 2 is 2.20 bits per heavy atom. The fourth-order valence-electron chi connectivity index (χ4n) is 2.16. The summed E-state index contributed by atoms with van der Waals surface area (Å²) in [6, 6.07) is 0. The second kappa shape index (κ2) is 3.34. The van der Waals surface area contributed by atoms with E-state index < -0.39 is 5.79 Å². The van der Waals surface area contributed by atoms with Crippen molar-refractivity contribution < 1.29 is 14.3 Å². The molecule has 0 radical (unpaired) electrons. The van der Waals surface area contributed by atoms with Crippen molar-refractivity contribution >= 4 is 5.97 Å². The van der Waals surface area contributed by atoms with Gasteiger partial charge >= 0.3 is 5.97 Å². The quantitative estimate of drug-likeness (QED) is 0.454. The van der Waals surface area contributed by atoms with Gasteiger partial charge in [0.1, 0.15) is 6.61 Å². The molecule has 1 aliphatic heterocycles. The van der Waals surface area contributed by atoms with E-state index in [1.807, 2.05) is 6.08 Å².